The van der Waals surface area contributed by atoms with E-state index in [1.54, 1.807) is 24.3 Å². The smallest absolute Gasteiger partial charge is 0.264 e. The minimum atomic E-state index is -4.00. The number of hydrogen-bond acceptors (Lipinski definition) is 3. The molecule has 0 aliphatic heterocycles. The van der Waals surface area contributed by atoms with E-state index in [0.717, 1.165) is 16.4 Å². The van der Waals surface area contributed by atoms with Gasteiger partial charge in [-0.15, -0.1) is 0 Å². The summed E-state index contributed by atoms with van der Waals surface area (Å²) >= 11 is 0. The standard InChI is InChI=1S/C20H17F2NO3S/c1-26-19-4-2-3-15(13-19)14-23(18-9-5-16(21)6-10-18)27(24,25)20-11-7-17(22)8-12-20/h2-13H,14H2,1H3. The molecular weight excluding hydrogens is 372 g/mol. The van der Waals surface area contributed by atoms with E-state index in [0.29, 0.717) is 17.0 Å². The molecule has 0 fully saturated rings. The largest absolute Gasteiger partial charge is 0.497 e. The molecule has 0 saturated heterocycles. The lowest BCUT2D eigenvalue weighted by atomic mass is 10.2. The van der Waals surface area contributed by atoms with Crippen LogP contribution < -0.4 is 9.04 Å². The summed E-state index contributed by atoms with van der Waals surface area (Å²) in [5.74, 6) is -0.417. The maximum atomic E-state index is 13.3. The molecule has 3 aromatic rings. The van der Waals surface area contributed by atoms with Crippen LogP contribution in [-0.4, -0.2) is 15.5 Å². The minimum absolute atomic E-state index is 0.00252. The van der Waals surface area contributed by atoms with Crippen molar-refractivity contribution in [2.75, 3.05) is 11.4 Å². The fourth-order valence-electron chi connectivity index (χ4n) is 2.59. The zero-order valence-electron chi connectivity index (χ0n) is 14.5. The van der Waals surface area contributed by atoms with E-state index in [2.05, 4.69) is 0 Å². The van der Waals surface area contributed by atoms with Gasteiger partial charge in [0.1, 0.15) is 17.4 Å². The third-order valence-corrected chi connectivity index (χ3v) is 5.76. The summed E-state index contributed by atoms with van der Waals surface area (Å²) in [5, 5.41) is 0. The van der Waals surface area contributed by atoms with Crippen LogP contribution in [0.15, 0.2) is 77.7 Å². The molecule has 0 atom stereocenters. The van der Waals surface area contributed by atoms with Crippen molar-refractivity contribution < 1.29 is 21.9 Å². The number of benzene rings is 3. The number of halogens is 2. The Morgan fingerprint density at radius 1 is 0.889 bits per heavy atom. The molecule has 4 nitrogen and oxygen atoms in total. The van der Waals surface area contributed by atoms with E-state index in [9.17, 15) is 17.2 Å². The van der Waals surface area contributed by atoms with E-state index < -0.39 is 21.7 Å². The van der Waals surface area contributed by atoms with Gasteiger partial charge in [0.2, 0.25) is 0 Å². The number of sulfonamides is 1. The van der Waals surface area contributed by atoms with Gasteiger partial charge in [-0.1, -0.05) is 12.1 Å². The predicted octanol–water partition coefficient (Wildman–Crippen LogP) is 4.37. The van der Waals surface area contributed by atoms with Crippen molar-refractivity contribution >= 4 is 15.7 Å². The van der Waals surface area contributed by atoms with Crippen LogP contribution in [0.2, 0.25) is 0 Å². The maximum Gasteiger partial charge on any atom is 0.264 e. The third-order valence-electron chi connectivity index (χ3n) is 3.98. The topological polar surface area (TPSA) is 46.6 Å². The summed E-state index contributed by atoms with van der Waals surface area (Å²) in [6.45, 7) is 0.00252. The van der Waals surface area contributed by atoms with Crippen molar-refractivity contribution in [3.8, 4) is 5.75 Å². The number of nitrogens with zero attached hydrogens (tertiary/aromatic N) is 1. The number of methoxy groups -OCH3 is 1. The number of anilines is 1. The van der Waals surface area contributed by atoms with Crippen LogP contribution in [0.1, 0.15) is 5.56 Å². The Hall–Kier alpha value is -2.93. The molecule has 27 heavy (non-hydrogen) atoms. The van der Waals surface area contributed by atoms with Crippen molar-refractivity contribution in [1.82, 2.24) is 0 Å². The van der Waals surface area contributed by atoms with E-state index in [4.69, 9.17) is 4.74 Å². The molecule has 0 radical (unpaired) electrons. The summed E-state index contributed by atoms with van der Waals surface area (Å²) < 4.78 is 59.2. The van der Waals surface area contributed by atoms with Gasteiger partial charge in [-0.2, -0.15) is 0 Å². The molecule has 3 aromatic carbocycles. The van der Waals surface area contributed by atoms with Crippen molar-refractivity contribution in [3.63, 3.8) is 0 Å². The quantitative estimate of drug-likeness (QED) is 0.629. The molecule has 0 bridgehead atoms. The second kappa shape index (κ2) is 7.75. The Morgan fingerprint density at radius 2 is 1.48 bits per heavy atom. The lowest BCUT2D eigenvalue weighted by molar-refractivity contribution is 0.414. The van der Waals surface area contributed by atoms with Gasteiger partial charge in [0.15, 0.2) is 0 Å². The molecular formula is C20H17F2NO3S. The first kappa shape index (κ1) is 18.8. The van der Waals surface area contributed by atoms with Crippen LogP contribution >= 0.6 is 0 Å². The van der Waals surface area contributed by atoms with Gasteiger partial charge in [0.25, 0.3) is 10.0 Å². The van der Waals surface area contributed by atoms with Crippen molar-refractivity contribution in [2.45, 2.75) is 11.4 Å². The zero-order valence-corrected chi connectivity index (χ0v) is 15.3. The first-order valence-electron chi connectivity index (χ1n) is 8.07. The Balaban J connectivity index is 2.06. The highest BCUT2D eigenvalue weighted by Gasteiger charge is 2.25. The van der Waals surface area contributed by atoms with Crippen molar-refractivity contribution in [3.05, 3.63) is 90.0 Å². The SMILES string of the molecule is COc1cccc(CN(c2ccc(F)cc2)S(=O)(=O)c2ccc(F)cc2)c1. The Labute approximate surface area is 156 Å². The minimum Gasteiger partial charge on any atom is -0.497 e. The summed E-state index contributed by atoms with van der Waals surface area (Å²) in [4.78, 5) is -0.0591. The molecule has 0 saturated carbocycles. The van der Waals surface area contributed by atoms with Gasteiger partial charge in [-0.25, -0.2) is 17.2 Å². The van der Waals surface area contributed by atoms with Crippen LogP contribution in [0.3, 0.4) is 0 Å². The van der Waals surface area contributed by atoms with E-state index in [-0.39, 0.29) is 11.4 Å². The van der Waals surface area contributed by atoms with Crippen LogP contribution in [0.25, 0.3) is 0 Å². The lowest BCUT2D eigenvalue weighted by Crippen LogP contribution is -2.30. The van der Waals surface area contributed by atoms with Crippen molar-refractivity contribution in [1.29, 1.82) is 0 Å². The number of rotatable bonds is 6. The zero-order chi connectivity index (χ0) is 19.4. The Morgan fingerprint density at radius 3 is 2.07 bits per heavy atom. The van der Waals surface area contributed by atoms with E-state index >= 15 is 0 Å². The normalized spacial score (nSPS) is 11.2. The predicted molar refractivity (Wildman–Crippen MR) is 99.2 cm³/mol. The molecule has 0 N–H and O–H groups in total. The Kier molecular flexibility index (Phi) is 5.41. The summed E-state index contributed by atoms with van der Waals surface area (Å²) in [7, 11) is -2.48. The van der Waals surface area contributed by atoms with Gasteiger partial charge in [0, 0.05) is 0 Å². The molecule has 0 aliphatic carbocycles. The number of hydrogen-bond donors (Lipinski definition) is 0. The molecule has 0 spiro atoms. The van der Waals surface area contributed by atoms with E-state index in [1.165, 1.54) is 43.5 Å². The number of ether oxygens (including phenoxy) is 1. The molecule has 7 heteroatoms. The molecule has 0 unspecified atom stereocenters. The fourth-order valence-corrected chi connectivity index (χ4v) is 4.05. The lowest BCUT2D eigenvalue weighted by Gasteiger charge is -2.25. The third kappa shape index (κ3) is 4.25. The highest BCUT2D eigenvalue weighted by Crippen LogP contribution is 2.27. The van der Waals surface area contributed by atoms with Crippen LogP contribution in [-0.2, 0) is 16.6 Å². The van der Waals surface area contributed by atoms with Crippen LogP contribution in [0, 0.1) is 11.6 Å². The van der Waals surface area contributed by atoms with Gasteiger partial charge in [-0.05, 0) is 66.2 Å². The first-order chi connectivity index (χ1) is 12.9. The fraction of sp³-hybridized carbons (Fsp3) is 0.100. The second-order valence-corrected chi connectivity index (χ2v) is 7.66. The summed E-state index contributed by atoms with van der Waals surface area (Å²) in [6, 6.07) is 16.7. The average molecular weight is 389 g/mol. The molecule has 3 rings (SSSR count). The van der Waals surface area contributed by atoms with Crippen LogP contribution in [0.5, 0.6) is 5.75 Å². The second-order valence-electron chi connectivity index (χ2n) is 5.79. The summed E-state index contributed by atoms with van der Waals surface area (Å²) in [6.07, 6.45) is 0. The molecule has 140 valence electrons. The average Bonchev–Trinajstić information content (AvgIpc) is 2.67. The van der Waals surface area contributed by atoms with Gasteiger partial charge >= 0.3 is 0 Å². The van der Waals surface area contributed by atoms with Crippen LogP contribution in [0.4, 0.5) is 14.5 Å². The monoisotopic (exact) mass is 389 g/mol. The highest BCUT2D eigenvalue weighted by atomic mass is 32.2. The first-order valence-corrected chi connectivity index (χ1v) is 9.51. The molecule has 0 aliphatic rings. The Bertz CT molecular complexity index is 1020. The highest BCUT2D eigenvalue weighted by molar-refractivity contribution is 7.92. The van der Waals surface area contributed by atoms with Gasteiger partial charge < -0.3 is 4.74 Å². The van der Waals surface area contributed by atoms with E-state index in [1.807, 2.05) is 0 Å². The van der Waals surface area contributed by atoms with Gasteiger partial charge in [-0.3, -0.25) is 4.31 Å². The van der Waals surface area contributed by atoms with Crippen molar-refractivity contribution in [2.24, 2.45) is 0 Å². The molecule has 0 aromatic heterocycles. The maximum absolute atomic E-state index is 13.3. The molecule has 0 amide bonds. The van der Waals surface area contributed by atoms with Gasteiger partial charge in [0.05, 0.1) is 24.2 Å². The summed E-state index contributed by atoms with van der Waals surface area (Å²) in [5.41, 5.74) is 0.980. The molecule has 0 heterocycles.